The predicted molar refractivity (Wildman–Crippen MR) is 136 cm³/mol. The van der Waals surface area contributed by atoms with E-state index >= 15 is 0 Å². The molecule has 2 saturated carbocycles. The molecule has 4 rings (SSSR count). The van der Waals surface area contributed by atoms with Gasteiger partial charge in [-0.05, 0) is 57.3 Å². The van der Waals surface area contributed by atoms with E-state index in [1.165, 1.54) is 4.90 Å². The normalized spacial score (nSPS) is 37.1. The van der Waals surface area contributed by atoms with Gasteiger partial charge in [-0.1, -0.05) is 26.0 Å². The van der Waals surface area contributed by atoms with Gasteiger partial charge in [0.2, 0.25) is 21.8 Å². The molecule has 0 aromatic heterocycles. The van der Waals surface area contributed by atoms with Gasteiger partial charge >= 0.3 is 6.09 Å². The zero-order valence-electron chi connectivity index (χ0n) is 22.0. The van der Waals surface area contributed by atoms with E-state index in [0.717, 1.165) is 6.42 Å². The number of hydrogen-bond donors (Lipinski definition) is 5. The first kappa shape index (κ1) is 28.3. The van der Waals surface area contributed by atoms with Crippen LogP contribution in [0.25, 0.3) is 0 Å². The first-order valence-electron chi connectivity index (χ1n) is 13.2. The lowest BCUT2D eigenvalue weighted by Gasteiger charge is -2.32. The lowest BCUT2D eigenvalue weighted by Crippen LogP contribution is -2.59. The average Bonchev–Trinajstić information content (AvgIpc) is 3.70. The van der Waals surface area contributed by atoms with Gasteiger partial charge in [0.25, 0.3) is 5.91 Å². The third-order valence-corrected chi connectivity index (χ3v) is 10.7. The van der Waals surface area contributed by atoms with Gasteiger partial charge in [0.1, 0.15) is 17.6 Å². The number of carboxylic acid groups (broad SMARTS) is 1. The maximum atomic E-state index is 13.6. The number of nitrogens with zero attached hydrogens (tertiary/aromatic N) is 1. The molecule has 13 heteroatoms. The van der Waals surface area contributed by atoms with Crippen LogP contribution < -0.4 is 15.4 Å². The first-order chi connectivity index (χ1) is 17.7. The highest BCUT2D eigenvalue weighted by Gasteiger charge is 2.63. The van der Waals surface area contributed by atoms with Crippen LogP contribution in [0.3, 0.4) is 0 Å². The molecule has 0 bridgehead atoms. The molecule has 7 atom stereocenters. The number of aliphatic hydroxyl groups excluding tert-OH is 1. The summed E-state index contributed by atoms with van der Waals surface area (Å²) < 4.78 is 26.7. The maximum Gasteiger partial charge on any atom is 0.405 e. The van der Waals surface area contributed by atoms with Crippen molar-refractivity contribution in [3.05, 3.63) is 12.2 Å². The highest BCUT2D eigenvalue weighted by atomic mass is 32.2. The topological polar surface area (TPSA) is 182 Å². The third kappa shape index (κ3) is 5.54. The van der Waals surface area contributed by atoms with Gasteiger partial charge in [0, 0.05) is 18.9 Å². The number of allylic oxidation sites excluding steroid dienone is 1. The molecule has 212 valence electrons. The zero-order valence-corrected chi connectivity index (χ0v) is 22.8. The third-order valence-electron chi connectivity index (χ3n) is 8.54. The van der Waals surface area contributed by atoms with Crippen molar-refractivity contribution in [2.75, 3.05) is 6.54 Å². The smallest absolute Gasteiger partial charge is 0.405 e. The Kier molecular flexibility index (Phi) is 7.56. The molecular weight excluding hydrogens is 516 g/mol. The Balaban J connectivity index is 1.64. The summed E-state index contributed by atoms with van der Waals surface area (Å²) in [5.41, 5.74) is -1.49. The van der Waals surface area contributed by atoms with Crippen molar-refractivity contribution in [1.29, 1.82) is 0 Å². The van der Waals surface area contributed by atoms with E-state index in [-0.39, 0.29) is 31.2 Å². The molecule has 0 radical (unpaired) electrons. The summed E-state index contributed by atoms with van der Waals surface area (Å²) in [7, 11) is -3.94. The van der Waals surface area contributed by atoms with Gasteiger partial charge in [0.15, 0.2) is 0 Å². The van der Waals surface area contributed by atoms with Crippen LogP contribution in [0.4, 0.5) is 4.79 Å². The van der Waals surface area contributed by atoms with Crippen LogP contribution in [0.15, 0.2) is 12.2 Å². The number of fused-ring (bicyclic) bond motifs is 2. The quantitative estimate of drug-likeness (QED) is 0.311. The van der Waals surface area contributed by atoms with Crippen LogP contribution in [-0.2, 0) is 24.4 Å². The number of amides is 4. The van der Waals surface area contributed by atoms with Crippen molar-refractivity contribution < 1.29 is 37.8 Å². The predicted octanol–water partition coefficient (Wildman–Crippen LogP) is 0.470. The molecule has 4 aliphatic rings. The van der Waals surface area contributed by atoms with E-state index in [1.54, 1.807) is 13.8 Å². The minimum absolute atomic E-state index is 0.0866. The Labute approximate surface area is 222 Å². The van der Waals surface area contributed by atoms with Crippen molar-refractivity contribution in [2.24, 2.45) is 17.8 Å². The van der Waals surface area contributed by atoms with Crippen molar-refractivity contribution in [1.82, 2.24) is 20.3 Å². The molecule has 1 saturated heterocycles. The molecule has 0 aromatic rings. The lowest BCUT2D eigenvalue weighted by molar-refractivity contribution is -0.142. The number of rotatable bonds is 4. The van der Waals surface area contributed by atoms with Crippen molar-refractivity contribution in [3.63, 3.8) is 0 Å². The standard InChI is InChI=1S/C25H38N4O8S/c1-14-6-4-5-7-16-12-25(16,22(33)28-38(36,37)24(3)8-9-24)27-20(31)18-11-17(30)13-29(18)21(32)19(15(2)10-14)26-23(34)35/h5,7,14-19,26,30H,4,6,8-13H2,1-3H3,(H,27,31)(H,28,33)(H,34,35)/t14?,15-,16-,17-,18+,19+,25-/m1/s1. The molecule has 5 N–H and O–H groups in total. The summed E-state index contributed by atoms with van der Waals surface area (Å²) in [6.45, 7) is 5.19. The van der Waals surface area contributed by atoms with E-state index in [2.05, 4.69) is 15.4 Å². The number of carbonyl (C=O) groups is 4. The second kappa shape index (κ2) is 10.1. The molecule has 0 aromatic carbocycles. The fourth-order valence-electron chi connectivity index (χ4n) is 5.66. The van der Waals surface area contributed by atoms with Crippen LogP contribution in [0.2, 0.25) is 0 Å². The fraction of sp³-hybridized carbons (Fsp3) is 0.760. The summed E-state index contributed by atoms with van der Waals surface area (Å²) in [6.07, 6.45) is 4.33. The number of sulfonamides is 1. The largest absolute Gasteiger partial charge is 0.465 e. The molecule has 38 heavy (non-hydrogen) atoms. The van der Waals surface area contributed by atoms with Crippen molar-refractivity contribution in [2.45, 2.75) is 94.2 Å². The van der Waals surface area contributed by atoms with Crippen LogP contribution in [0.1, 0.15) is 65.7 Å². The molecule has 1 unspecified atom stereocenters. The van der Waals surface area contributed by atoms with E-state index < -0.39 is 68.2 Å². The SMILES string of the molecule is CC1CCC=C[C@@H]2C[C@@]2(C(=O)NS(=O)(=O)C2(C)CC2)NC(=O)[C@@H]2C[C@@H](O)CN2C(=O)[C@@H](NC(=O)O)[C@H](C)C1. The summed E-state index contributed by atoms with van der Waals surface area (Å²) >= 11 is 0. The van der Waals surface area contributed by atoms with Gasteiger partial charge in [-0.25, -0.2) is 13.2 Å². The van der Waals surface area contributed by atoms with Crippen LogP contribution in [0.5, 0.6) is 0 Å². The maximum absolute atomic E-state index is 13.6. The number of carbonyl (C=O) groups excluding carboxylic acids is 3. The molecule has 2 aliphatic carbocycles. The zero-order chi connectivity index (χ0) is 28.0. The van der Waals surface area contributed by atoms with E-state index in [9.17, 15) is 37.8 Å². The Morgan fingerprint density at radius 2 is 1.87 bits per heavy atom. The lowest BCUT2D eigenvalue weighted by atomic mass is 9.88. The van der Waals surface area contributed by atoms with Crippen LogP contribution in [0, 0.1) is 17.8 Å². The first-order valence-corrected chi connectivity index (χ1v) is 14.7. The minimum Gasteiger partial charge on any atom is -0.465 e. The van der Waals surface area contributed by atoms with Gasteiger partial charge < -0.3 is 25.7 Å². The summed E-state index contributed by atoms with van der Waals surface area (Å²) in [6, 6.07) is -2.26. The monoisotopic (exact) mass is 554 g/mol. The molecular formula is C25H38N4O8S. The number of aliphatic hydroxyl groups is 1. The average molecular weight is 555 g/mol. The Bertz CT molecular complexity index is 1140. The molecule has 2 heterocycles. The minimum atomic E-state index is -3.94. The molecule has 12 nitrogen and oxygen atoms in total. The van der Waals surface area contributed by atoms with Gasteiger partial charge in [-0.2, -0.15) is 0 Å². The van der Waals surface area contributed by atoms with Gasteiger partial charge in [-0.3, -0.25) is 19.1 Å². The molecule has 0 spiro atoms. The number of nitrogens with one attached hydrogen (secondary N) is 3. The van der Waals surface area contributed by atoms with Gasteiger partial charge in [-0.15, -0.1) is 0 Å². The Morgan fingerprint density at radius 1 is 1.18 bits per heavy atom. The highest BCUT2D eigenvalue weighted by molar-refractivity contribution is 7.91. The molecule has 2 aliphatic heterocycles. The Morgan fingerprint density at radius 3 is 2.50 bits per heavy atom. The second-order valence-electron chi connectivity index (χ2n) is 11.8. The van der Waals surface area contributed by atoms with Gasteiger partial charge in [0.05, 0.1) is 10.9 Å². The molecule has 3 fully saturated rings. The highest BCUT2D eigenvalue weighted by Crippen LogP contribution is 2.47. The summed E-state index contributed by atoms with van der Waals surface area (Å²) in [5.74, 6) is -2.77. The summed E-state index contributed by atoms with van der Waals surface area (Å²) in [5, 5.41) is 24.8. The van der Waals surface area contributed by atoms with Crippen LogP contribution >= 0.6 is 0 Å². The molecule has 4 amide bonds. The van der Waals surface area contributed by atoms with E-state index in [4.69, 9.17) is 0 Å². The fourth-order valence-corrected chi connectivity index (χ4v) is 6.97. The van der Waals surface area contributed by atoms with E-state index in [0.29, 0.717) is 25.7 Å². The second-order valence-corrected chi connectivity index (χ2v) is 14.0. The summed E-state index contributed by atoms with van der Waals surface area (Å²) in [4.78, 5) is 53.1. The van der Waals surface area contributed by atoms with Crippen LogP contribution in [-0.4, -0.2) is 82.4 Å². The number of hydrogen-bond acceptors (Lipinski definition) is 7. The van der Waals surface area contributed by atoms with Crippen molar-refractivity contribution in [3.8, 4) is 0 Å². The van der Waals surface area contributed by atoms with E-state index in [1.807, 2.05) is 19.1 Å². The Hall–Kier alpha value is -2.67. The van der Waals surface area contributed by atoms with Crippen molar-refractivity contribution >= 4 is 33.8 Å².